The SMILES string of the molecule is Cc1ccccc1Cn1nc(N)c2c1CCN(c1cnn(C3CCCCO3)c(=O)c1Cl)C2. The number of anilines is 2. The summed E-state index contributed by atoms with van der Waals surface area (Å²) >= 11 is 6.53. The second-order valence-corrected chi connectivity index (χ2v) is 8.86. The van der Waals surface area contributed by atoms with Gasteiger partial charge in [-0.15, -0.1) is 0 Å². The van der Waals surface area contributed by atoms with Gasteiger partial charge in [0.2, 0.25) is 0 Å². The van der Waals surface area contributed by atoms with Crippen LogP contribution >= 0.6 is 11.6 Å². The van der Waals surface area contributed by atoms with E-state index in [4.69, 9.17) is 22.1 Å². The number of hydrogen-bond donors (Lipinski definition) is 1. The van der Waals surface area contributed by atoms with Crippen LogP contribution in [0, 0.1) is 6.92 Å². The van der Waals surface area contributed by atoms with Crippen LogP contribution in [0.4, 0.5) is 11.5 Å². The number of rotatable bonds is 4. The molecule has 0 amide bonds. The lowest BCUT2D eigenvalue weighted by atomic mass is 10.1. The minimum Gasteiger partial charge on any atom is -0.382 e. The van der Waals surface area contributed by atoms with E-state index >= 15 is 0 Å². The Kier molecular flexibility index (Phi) is 5.65. The summed E-state index contributed by atoms with van der Waals surface area (Å²) in [5, 5.41) is 9.17. The first kappa shape index (κ1) is 21.0. The van der Waals surface area contributed by atoms with Gasteiger partial charge in [0.1, 0.15) is 5.02 Å². The molecule has 0 aliphatic carbocycles. The summed E-state index contributed by atoms with van der Waals surface area (Å²) in [6.45, 7) is 4.67. The molecule has 4 heterocycles. The molecule has 2 aliphatic heterocycles. The Morgan fingerprint density at radius 2 is 2.12 bits per heavy atom. The molecule has 3 aromatic rings. The molecule has 0 radical (unpaired) electrons. The van der Waals surface area contributed by atoms with Crippen LogP contribution in [-0.2, 0) is 24.2 Å². The lowest BCUT2D eigenvalue weighted by Gasteiger charge is -2.30. The zero-order valence-electron chi connectivity index (χ0n) is 18.1. The number of nitrogens with zero attached hydrogens (tertiary/aromatic N) is 5. The minimum atomic E-state index is -0.342. The van der Waals surface area contributed by atoms with E-state index in [1.807, 2.05) is 16.8 Å². The van der Waals surface area contributed by atoms with Crippen molar-refractivity contribution in [3.63, 3.8) is 0 Å². The topological polar surface area (TPSA) is 91.2 Å². The van der Waals surface area contributed by atoms with E-state index in [0.717, 1.165) is 36.9 Å². The van der Waals surface area contributed by atoms with Gasteiger partial charge in [0.25, 0.3) is 5.56 Å². The van der Waals surface area contributed by atoms with Gasteiger partial charge in [-0.2, -0.15) is 14.9 Å². The van der Waals surface area contributed by atoms with Crippen LogP contribution in [-0.4, -0.2) is 32.7 Å². The monoisotopic (exact) mass is 454 g/mol. The van der Waals surface area contributed by atoms with Crippen molar-refractivity contribution in [1.82, 2.24) is 19.6 Å². The molecule has 168 valence electrons. The highest BCUT2D eigenvalue weighted by molar-refractivity contribution is 6.33. The third-order valence-corrected chi connectivity index (χ3v) is 6.80. The number of hydrogen-bond acceptors (Lipinski definition) is 6. The van der Waals surface area contributed by atoms with Crippen LogP contribution in [0.3, 0.4) is 0 Å². The molecule has 32 heavy (non-hydrogen) atoms. The molecule has 2 aliphatic rings. The Balaban J connectivity index is 1.40. The maximum atomic E-state index is 12.9. The quantitative estimate of drug-likeness (QED) is 0.650. The third-order valence-electron chi connectivity index (χ3n) is 6.44. The van der Waals surface area contributed by atoms with Gasteiger partial charge in [-0.25, -0.2) is 0 Å². The van der Waals surface area contributed by atoms with Crippen LogP contribution in [0.15, 0.2) is 35.3 Å². The first-order valence-electron chi connectivity index (χ1n) is 11.1. The van der Waals surface area contributed by atoms with Gasteiger partial charge in [0.15, 0.2) is 12.0 Å². The zero-order chi connectivity index (χ0) is 22.2. The first-order valence-corrected chi connectivity index (χ1v) is 11.4. The molecule has 1 unspecified atom stereocenters. The smallest absolute Gasteiger partial charge is 0.290 e. The molecular weight excluding hydrogens is 428 g/mol. The van der Waals surface area contributed by atoms with E-state index in [1.54, 1.807) is 6.20 Å². The van der Waals surface area contributed by atoms with Crippen molar-refractivity contribution in [3.8, 4) is 0 Å². The fourth-order valence-electron chi connectivity index (χ4n) is 4.58. The maximum Gasteiger partial charge on any atom is 0.290 e. The average molecular weight is 455 g/mol. The molecule has 1 atom stereocenters. The maximum absolute atomic E-state index is 12.9. The van der Waals surface area contributed by atoms with Crippen LogP contribution in [0.2, 0.25) is 5.02 Å². The summed E-state index contributed by atoms with van der Waals surface area (Å²) in [6, 6.07) is 8.30. The predicted octanol–water partition coefficient (Wildman–Crippen LogP) is 3.29. The summed E-state index contributed by atoms with van der Waals surface area (Å²) < 4.78 is 9.08. The Labute approximate surface area is 191 Å². The van der Waals surface area contributed by atoms with Crippen molar-refractivity contribution < 1.29 is 4.74 Å². The molecule has 1 fully saturated rings. The molecule has 9 heteroatoms. The Morgan fingerprint density at radius 3 is 2.91 bits per heavy atom. The third kappa shape index (κ3) is 3.78. The van der Waals surface area contributed by atoms with Crippen LogP contribution < -0.4 is 16.2 Å². The number of benzene rings is 1. The van der Waals surface area contributed by atoms with Crippen LogP contribution in [0.25, 0.3) is 0 Å². The van der Waals surface area contributed by atoms with Gasteiger partial charge < -0.3 is 15.4 Å². The van der Waals surface area contributed by atoms with E-state index < -0.39 is 0 Å². The lowest BCUT2D eigenvalue weighted by molar-refractivity contribution is -0.0424. The van der Waals surface area contributed by atoms with Crippen LogP contribution in [0.1, 0.15) is 47.9 Å². The number of nitrogen functional groups attached to an aromatic ring is 1. The highest BCUT2D eigenvalue weighted by Gasteiger charge is 2.28. The van der Waals surface area contributed by atoms with E-state index in [-0.39, 0.29) is 16.8 Å². The summed E-state index contributed by atoms with van der Waals surface area (Å²) in [7, 11) is 0. The number of aryl methyl sites for hydroxylation is 1. The van der Waals surface area contributed by atoms with E-state index in [0.29, 0.717) is 37.7 Å². The van der Waals surface area contributed by atoms with E-state index in [2.05, 4.69) is 34.2 Å². The molecule has 1 aromatic carbocycles. The molecule has 0 bridgehead atoms. The molecule has 5 rings (SSSR count). The Bertz CT molecular complexity index is 1200. The van der Waals surface area contributed by atoms with Crippen molar-refractivity contribution in [1.29, 1.82) is 0 Å². The number of ether oxygens (including phenoxy) is 1. The highest BCUT2D eigenvalue weighted by Crippen LogP contribution is 2.31. The molecule has 1 saturated heterocycles. The molecular formula is C23H27ClN6O2. The van der Waals surface area contributed by atoms with Gasteiger partial charge in [-0.05, 0) is 37.3 Å². The summed E-state index contributed by atoms with van der Waals surface area (Å²) in [6.07, 6.45) is 4.88. The van der Waals surface area contributed by atoms with Gasteiger partial charge in [0, 0.05) is 37.4 Å². The summed E-state index contributed by atoms with van der Waals surface area (Å²) in [5.74, 6) is 0.520. The largest absolute Gasteiger partial charge is 0.382 e. The number of fused-ring (bicyclic) bond motifs is 1. The predicted molar refractivity (Wildman–Crippen MR) is 124 cm³/mol. The number of nitrogens with two attached hydrogens (primary N) is 1. The van der Waals surface area contributed by atoms with Crippen molar-refractivity contribution in [2.45, 2.75) is 51.9 Å². The van der Waals surface area contributed by atoms with E-state index in [9.17, 15) is 4.79 Å². The van der Waals surface area contributed by atoms with Crippen molar-refractivity contribution >= 4 is 23.1 Å². The highest BCUT2D eigenvalue weighted by atomic mass is 35.5. The number of aromatic nitrogens is 4. The fourth-order valence-corrected chi connectivity index (χ4v) is 4.84. The molecule has 2 aromatic heterocycles. The Morgan fingerprint density at radius 1 is 1.28 bits per heavy atom. The second kappa shape index (κ2) is 8.60. The van der Waals surface area contributed by atoms with Gasteiger partial charge in [-0.3, -0.25) is 9.48 Å². The average Bonchev–Trinajstić information content (AvgIpc) is 3.12. The van der Waals surface area contributed by atoms with Crippen molar-refractivity contribution in [2.24, 2.45) is 0 Å². The van der Waals surface area contributed by atoms with E-state index in [1.165, 1.54) is 15.8 Å². The van der Waals surface area contributed by atoms with Gasteiger partial charge in [-0.1, -0.05) is 35.9 Å². The molecule has 8 nitrogen and oxygen atoms in total. The first-order chi connectivity index (χ1) is 15.5. The van der Waals surface area contributed by atoms with Gasteiger partial charge in [0.05, 0.1) is 18.4 Å². The van der Waals surface area contributed by atoms with Gasteiger partial charge >= 0.3 is 0 Å². The second-order valence-electron chi connectivity index (χ2n) is 8.48. The molecule has 0 saturated carbocycles. The van der Waals surface area contributed by atoms with Crippen molar-refractivity contribution in [3.05, 3.63) is 68.2 Å². The van der Waals surface area contributed by atoms with Crippen LogP contribution in [0.5, 0.6) is 0 Å². The minimum absolute atomic E-state index is 0.170. The Hall–Kier alpha value is -2.84. The standard InChI is InChI=1S/C23H27ClN6O2/c1-15-6-2-3-7-16(15)13-29-18-9-10-28(14-17(18)22(25)27-29)19-12-26-30(23(31)21(19)24)20-8-4-5-11-32-20/h2-3,6-7,12,20H,4-5,8-11,13-14H2,1H3,(H2,25,27). The molecule has 2 N–H and O–H groups in total. The summed E-state index contributed by atoms with van der Waals surface area (Å²) in [4.78, 5) is 15.0. The van der Waals surface area contributed by atoms with Crippen molar-refractivity contribution in [2.75, 3.05) is 23.8 Å². The molecule has 0 spiro atoms. The summed E-state index contributed by atoms with van der Waals surface area (Å²) in [5.41, 5.74) is 11.2. The fraction of sp³-hybridized carbons (Fsp3) is 0.435. The lowest BCUT2D eigenvalue weighted by Crippen LogP contribution is -2.36. The normalized spacial score (nSPS) is 18.6. The zero-order valence-corrected chi connectivity index (χ0v) is 18.9. The number of halogens is 1.